The topological polar surface area (TPSA) is 26.0 Å². The van der Waals surface area contributed by atoms with Gasteiger partial charge in [-0.2, -0.15) is 5.10 Å². The zero-order chi connectivity index (χ0) is 14.4. The van der Waals surface area contributed by atoms with Gasteiger partial charge in [-0.25, -0.2) is 0 Å². The molecule has 4 nitrogen and oxygen atoms in total. The molecular formula is C17H24N4. The molecule has 0 unspecified atom stereocenters. The van der Waals surface area contributed by atoms with Gasteiger partial charge in [-0.1, -0.05) is 0 Å². The lowest BCUT2D eigenvalue weighted by atomic mass is 10.2. The smallest absolute Gasteiger partial charge is 0.0870 e. The zero-order valence-corrected chi connectivity index (χ0v) is 13.0. The number of rotatable bonds is 5. The summed E-state index contributed by atoms with van der Waals surface area (Å²) in [6.07, 6.45) is 7.11. The Kier molecular flexibility index (Phi) is 3.14. The minimum atomic E-state index is 0.443. The van der Waals surface area contributed by atoms with E-state index in [-0.39, 0.29) is 0 Å². The summed E-state index contributed by atoms with van der Waals surface area (Å²) in [6.45, 7) is 8.81. The van der Waals surface area contributed by atoms with Crippen LogP contribution in [0.5, 0.6) is 0 Å². The molecule has 112 valence electrons. The number of fused-ring (bicyclic) bond motifs is 1. The molecule has 0 saturated heterocycles. The Bertz CT molecular complexity index is 620. The van der Waals surface area contributed by atoms with Crippen molar-refractivity contribution in [2.75, 3.05) is 6.54 Å². The molecule has 0 atom stereocenters. The molecular weight excluding hydrogens is 260 g/mol. The Morgan fingerprint density at radius 2 is 1.95 bits per heavy atom. The van der Waals surface area contributed by atoms with E-state index in [9.17, 15) is 0 Å². The molecule has 1 fully saturated rings. The molecule has 4 rings (SSSR count). The lowest BCUT2D eigenvalue weighted by Crippen LogP contribution is -2.21. The average Bonchev–Trinajstić information content (AvgIpc) is 2.87. The van der Waals surface area contributed by atoms with E-state index >= 15 is 0 Å². The predicted molar refractivity (Wildman–Crippen MR) is 83.0 cm³/mol. The largest absolute Gasteiger partial charge is 0.348 e. The molecule has 0 aromatic carbocycles. The maximum absolute atomic E-state index is 4.90. The van der Waals surface area contributed by atoms with Crippen LogP contribution in [-0.4, -0.2) is 25.8 Å². The second kappa shape index (κ2) is 5.02. The summed E-state index contributed by atoms with van der Waals surface area (Å²) in [5.74, 6) is 0.961. The highest BCUT2D eigenvalue weighted by atomic mass is 15.3. The van der Waals surface area contributed by atoms with E-state index in [0.717, 1.165) is 25.6 Å². The molecule has 1 aliphatic heterocycles. The summed E-state index contributed by atoms with van der Waals surface area (Å²) in [6, 6.07) is 4.61. The molecule has 4 heteroatoms. The van der Waals surface area contributed by atoms with E-state index in [1.807, 2.05) is 0 Å². The number of hydrogen-bond acceptors (Lipinski definition) is 2. The second-order valence-electron chi connectivity index (χ2n) is 6.88. The molecule has 2 aromatic rings. The van der Waals surface area contributed by atoms with Crippen molar-refractivity contribution in [1.29, 1.82) is 0 Å². The third kappa shape index (κ3) is 2.53. The Labute approximate surface area is 126 Å². The highest BCUT2D eigenvalue weighted by Crippen LogP contribution is 2.34. The van der Waals surface area contributed by atoms with Crippen LogP contribution in [0.2, 0.25) is 0 Å². The summed E-state index contributed by atoms with van der Waals surface area (Å²) in [4.78, 5) is 2.61. The summed E-state index contributed by atoms with van der Waals surface area (Å²) >= 11 is 0. The van der Waals surface area contributed by atoms with Crippen LogP contribution < -0.4 is 0 Å². The zero-order valence-electron chi connectivity index (χ0n) is 13.0. The fraction of sp³-hybridized carbons (Fsp3) is 0.588. The van der Waals surface area contributed by atoms with E-state index in [1.165, 1.54) is 36.3 Å². The third-order valence-corrected chi connectivity index (χ3v) is 4.66. The molecule has 21 heavy (non-hydrogen) atoms. The molecule has 1 aliphatic carbocycles. The fourth-order valence-corrected chi connectivity index (χ4v) is 3.39. The minimum Gasteiger partial charge on any atom is -0.348 e. The van der Waals surface area contributed by atoms with Crippen molar-refractivity contribution in [2.45, 2.75) is 52.4 Å². The third-order valence-electron chi connectivity index (χ3n) is 4.66. The van der Waals surface area contributed by atoms with Gasteiger partial charge in [0.1, 0.15) is 0 Å². The molecule has 0 amide bonds. The van der Waals surface area contributed by atoms with Gasteiger partial charge in [0.25, 0.3) is 0 Å². The van der Waals surface area contributed by atoms with Gasteiger partial charge in [0.05, 0.1) is 17.9 Å². The van der Waals surface area contributed by atoms with Crippen LogP contribution in [0, 0.1) is 5.92 Å². The Morgan fingerprint density at radius 1 is 1.19 bits per heavy atom. The molecule has 0 spiro atoms. The van der Waals surface area contributed by atoms with Crippen molar-refractivity contribution in [3.05, 3.63) is 41.5 Å². The summed E-state index contributed by atoms with van der Waals surface area (Å²) in [5, 5.41) is 4.90. The molecule has 3 heterocycles. The van der Waals surface area contributed by atoms with Gasteiger partial charge in [-0.15, -0.1) is 0 Å². The maximum atomic E-state index is 4.90. The number of nitrogens with zero attached hydrogens (tertiary/aromatic N) is 4. The van der Waals surface area contributed by atoms with E-state index in [0.29, 0.717) is 6.04 Å². The van der Waals surface area contributed by atoms with Crippen LogP contribution in [0.1, 0.15) is 49.7 Å². The number of hydrogen-bond donors (Lipinski definition) is 0. The van der Waals surface area contributed by atoms with Crippen molar-refractivity contribution in [3.8, 4) is 0 Å². The molecule has 0 N–H and O–H groups in total. The van der Waals surface area contributed by atoms with Crippen LogP contribution in [0.3, 0.4) is 0 Å². The van der Waals surface area contributed by atoms with Crippen LogP contribution >= 0.6 is 0 Å². The van der Waals surface area contributed by atoms with Gasteiger partial charge >= 0.3 is 0 Å². The predicted octanol–water partition coefficient (Wildman–Crippen LogP) is 3.04. The van der Waals surface area contributed by atoms with Crippen molar-refractivity contribution >= 4 is 0 Å². The average molecular weight is 284 g/mol. The highest BCUT2D eigenvalue weighted by molar-refractivity contribution is 5.31. The molecule has 1 saturated carbocycles. The Morgan fingerprint density at radius 3 is 2.62 bits per heavy atom. The van der Waals surface area contributed by atoms with Gasteiger partial charge in [-0.05, 0) is 44.7 Å². The highest BCUT2D eigenvalue weighted by Gasteiger charge is 2.32. The lowest BCUT2D eigenvalue weighted by Gasteiger charge is -2.16. The number of aromatic nitrogens is 3. The van der Waals surface area contributed by atoms with Crippen molar-refractivity contribution < 1.29 is 0 Å². The first kappa shape index (κ1) is 13.1. The molecule has 2 aliphatic rings. The van der Waals surface area contributed by atoms with Crippen LogP contribution in [0.4, 0.5) is 0 Å². The first-order chi connectivity index (χ1) is 10.2. The van der Waals surface area contributed by atoms with Gasteiger partial charge < -0.3 is 4.57 Å². The van der Waals surface area contributed by atoms with Crippen LogP contribution in [0.25, 0.3) is 0 Å². The SMILES string of the molecule is CC(C)n1nc(Cn2cccc2)c2c1CN(CC1CC1)C2. The van der Waals surface area contributed by atoms with E-state index in [2.05, 4.69) is 52.5 Å². The van der Waals surface area contributed by atoms with Crippen molar-refractivity contribution in [3.63, 3.8) is 0 Å². The van der Waals surface area contributed by atoms with Gasteiger partial charge in [0.2, 0.25) is 0 Å². The van der Waals surface area contributed by atoms with Gasteiger partial charge in [-0.3, -0.25) is 9.58 Å². The first-order valence-corrected chi connectivity index (χ1v) is 8.13. The summed E-state index contributed by atoms with van der Waals surface area (Å²) < 4.78 is 4.47. The van der Waals surface area contributed by atoms with E-state index in [4.69, 9.17) is 5.10 Å². The van der Waals surface area contributed by atoms with Gasteiger partial charge in [0.15, 0.2) is 0 Å². The second-order valence-corrected chi connectivity index (χ2v) is 6.88. The summed E-state index contributed by atoms with van der Waals surface area (Å²) in [5.41, 5.74) is 4.19. The van der Waals surface area contributed by atoms with Crippen molar-refractivity contribution in [2.24, 2.45) is 5.92 Å². The van der Waals surface area contributed by atoms with Crippen LogP contribution in [0.15, 0.2) is 24.5 Å². The fourth-order valence-electron chi connectivity index (χ4n) is 3.39. The minimum absolute atomic E-state index is 0.443. The normalized spacial score (nSPS) is 18.6. The van der Waals surface area contributed by atoms with E-state index in [1.54, 1.807) is 0 Å². The molecule has 0 radical (unpaired) electrons. The van der Waals surface area contributed by atoms with Crippen molar-refractivity contribution in [1.82, 2.24) is 19.2 Å². The molecule has 0 bridgehead atoms. The Balaban J connectivity index is 1.61. The maximum Gasteiger partial charge on any atom is 0.0870 e. The monoisotopic (exact) mass is 284 g/mol. The quantitative estimate of drug-likeness (QED) is 0.843. The standard InChI is InChI=1S/C17H24N4/c1-13(2)21-17-12-20(9-14-5-6-14)10-15(17)16(18-21)11-19-7-3-4-8-19/h3-4,7-8,13-14H,5-6,9-12H2,1-2H3. The van der Waals surface area contributed by atoms with Crippen LogP contribution in [-0.2, 0) is 19.6 Å². The lowest BCUT2D eigenvalue weighted by molar-refractivity contribution is 0.262. The summed E-state index contributed by atoms with van der Waals surface area (Å²) in [7, 11) is 0. The Hall–Kier alpha value is -1.55. The molecule has 2 aromatic heterocycles. The van der Waals surface area contributed by atoms with Gasteiger partial charge in [0, 0.05) is 43.6 Å². The first-order valence-electron chi connectivity index (χ1n) is 8.13. The van der Waals surface area contributed by atoms with E-state index < -0.39 is 0 Å².